The highest BCUT2D eigenvalue weighted by molar-refractivity contribution is 5.95. The average Bonchev–Trinajstić information content (AvgIpc) is 2.22. The summed E-state index contributed by atoms with van der Waals surface area (Å²) in [5.41, 5.74) is 4.03. The van der Waals surface area contributed by atoms with E-state index in [0.717, 1.165) is 23.1 Å². The van der Waals surface area contributed by atoms with Crippen molar-refractivity contribution in [2.24, 2.45) is 0 Å². The zero-order valence-electron chi connectivity index (χ0n) is 9.17. The lowest BCUT2D eigenvalue weighted by molar-refractivity contribution is -0.137. The highest BCUT2D eigenvalue weighted by atomic mass is 19.4. The molecule has 1 saturated heterocycles. The maximum absolute atomic E-state index is 12.6. The van der Waals surface area contributed by atoms with Crippen molar-refractivity contribution >= 4 is 11.6 Å². The Bertz CT molecular complexity index is 480. The lowest BCUT2D eigenvalue weighted by Gasteiger charge is -2.34. The van der Waals surface area contributed by atoms with E-state index in [2.05, 4.69) is 0 Å². The summed E-state index contributed by atoms with van der Waals surface area (Å²) in [6.45, 7) is -0.177. The molecule has 0 bridgehead atoms. The first kappa shape index (κ1) is 12.7. The van der Waals surface area contributed by atoms with Crippen molar-refractivity contribution in [3.05, 3.63) is 29.3 Å². The van der Waals surface area contributed by atoms with Crippen LogP contribution in [0.2, 0.25) is 0 Å². The Morgan fingerprint density at radius 1 is 1.28 bits per heavy atom. The minimum atomic E-state index is -4.57. The van der Waals surface area contributed by atoms with Crippen LogP contribution in [0.4, 0.5) is 23.2 Å². The van der Waals surface area contributed by atoms with Gasteiger partial charge in [-0.1, -0.05) is 0 Å². The van der Waals surface area contributed by atoms with Gasteiger partial charge in [0, 0.05) is 11.3 Å². The summed E-state index contributed by atoms with van der Waals surface area (Å²) >= 11 is 0. The molecule has 1 amide bonds. The zero-order valence-corrected chi connectivity index (χ0v) is 9.17. The number of carbonyl (C=O) groups is 1. The van der Waals surface area contributed by atoms with E-state index in [1.54, 1.807) is 0 Å². The van der Waals surface area contributed by atoms with E-state index in [4.69, 9.17) is 5.73 Å². The van der Waals surface area contributed by atoms with Crippen molar-refractivity contribution in [3.63, 3.8) is 0 Å². The lowest BCUT2D eigenvalue weighted by atomic mass is 10.1. The minimum absolute atomic E-state index is 0.0883. The van der Waals surface area contributed by atoms with Gasteiger partial charge in [-0.15, -0.1) is 0 Å². The fourth-order valence-electron chi connectivity index (χ4n) is 1.71. The smallest absolute Gasteiger partial charge is 0.399 e. The quantitative estimate of drug-likeness (QED) is 0.622. The standard InChI is InChI=1S/C11H10F4N2O/c12-8-4-17(5-8)10(18)6-1-7(11(13,14)15)3-9(16)2-6/h1-3,8H,4-5,16H2. The van der Waals surface area contributed by atoms with Crippen LogP contribution < -0.4 is 5.73 Å². The number of hydrogen-bond acceptors (Lipinski definition) is 2. The first-order chi connectivity index (χ1) is 8.27. The molecule has 7 heteroatoms. The summed E-state index contributed by atoms with van der Waals surface area (Å²) in [6.07, 6.45) is -5.67. The Morgan fingerprint density at radius 3 is 2.39 bits per heavy atom. The molecule has 2 rings (SSSR count). The third kappa shape index (κ3) is 2.39. The van der Waals surface area contributed by atoms with Crippen molar-refractivity contribution in [1.29, 1.82) is 0 Å². The molecule has 0 atom stereocenters. The van der Waals surface area contributed by atoms with E-state index in [0.29, 0.717) is 0 Å². The van der Waals surface area contributed by atoms with Gasteiger partial charge in [0.15, 0.2) is 0 Å². The average molecular weight is 262 g/mol. The largest absolute Gasteiger partial charge is 0.416 e. The number of hydrogen-bond donors (Lipinski definition) is 1. The molecule has 1 aliphatic rings. The molecule has 98 valence electrons. The van der Waals surface area contributed by atoms with Gasteiger partial charge in [0.2, 0.25) is 0 Å². The topological polar surface area (TPSA) is 46.3 Å². The number of carbonyl (C=O) groups excluding carboxylic acids is 1. The van der Waals surface area contributed by atoms with Crippen LogP contribution in [0.15, 0.2) is 18.2 Å². The second-order valence-corrected chi connectivity index (χ2v) is 4.15. The van der Waals surface area contributed by atoms with E-state index >= 15 is 0 Å². The molecule has 0 saturated carbocycles. The summed E-state index contributed by atoms with van der Waals surface area (Å²) < 4.78 is 50.2. The van der Waals surface area contributed by atoms with Gasteiger partial charge >= 0.3 is 6.18 Å². The second-order valence-electron chi connectivity index (χ2n) is 4.15. The molecule has 2 N–H and O–H groups in total. The highest BCUT2D eigenvalue weighted by Crippen LogP contribution is 2.31. The van der Waals surface area contributed by atoms with E-state index in [1.807, 2.05) is 0 Å². The zero-order chi connectivity index (χ0) is 13.5. The summed E-state index contributed by atoms with van der Waals surface area (Å²) in [5, 5.41) is 0. The first-order valence-electron chi connectivity index (χ1n) is 5.18. The number of rotatable bonds is 1. The third-order valence-corrected chi connectivity index (χ3v) is 2.65. The second kappa shape index (κ2) is 4.15. The van der Waals surface area contributed by atoms with Gasteiger partial charge < -0.3 is 10.6 Å². The first-order valence-corrected chi connectivity index (χ1v) is 5.18. The van der Waals surface area contributed by atoms with Gasteiger partial charge in [-0.25, -0.2) is 4.39 Å². The number of benzene rings is 1. The predicted molar refractivity (Wildman–Crippen MR) is 56.7 cm³/mol. The molecular weight excluding hydrogens is 252 g/mol. The molecule has 0 aromatic heterocycles. The number of amides is 1. The van der Waals surface area contributed by atoms with Crippen LogP contribution in [0.3, 0.4) is 0 Å². The molecule has 1 aliphatic heterocycles. The fraction of sp³-hybridized carbons (Fsp3) is 0.364. The highest BCUT2D eigenvalue weighted by Gasteiger charge is 2.34. The normalized spacial score (nSPS) is 16.6. The monoisotopic (exact) mass is 262 g/mol. The fourth-order valence-corrected chi connectivity index (χ4v) is 1.71. The van der Waals surface area contributed by atoms with Crippen LogP contribution in [0.25, 0.3) is 0 Å². The van der Waals surface area contributed by atoms with Crippen LogP contribution in [0.1, 0.15) is 15.9 Å². The predicted octanol–water partition coefficient (Wildman–Crippen LogP) is 2.08. The Labute approximate surface area is 100 Å². The number of alkyl halides is 4. The van der Waals surface area contributed by atoms with E-state index in [9.17, 15) is 22.4 Å². The van der Waals surface area contributed by atoms with Crippen LogP contribution >= 0.6 is 0 Å². The van der Waals surface area contributed by atoms with Gasteiger partial charge in [-0.2, -0.15) is 13.2 Å². The molecule has 3 nitrogen and oxygen atoms in total. The molecule has 18 heavy (non-hydrogen) atoms. The molecule has 0 spiro atoms. The summed E-state index contributed by atoms with van der Waals surface area (Å²) in [7, 11) is 0. The lowest BCUT2D eigenvalue weighted by Crippen LogP contribution is -2.51. The van der Waals surface area contributed by atoms with Crippen LogP contribution in [-0.4, -0.2) is 30.1 Å². The Kier molecular flexibility index (Phi) is 2.92. The number of halogens is 4. The maximum Gasteiger partial charge on any atom is 0.416 e. The number of nitrogens with two attached hydrogens (primary N) is 1. The number of nitrogens with zero attached hydrogens (tertiary/aromatic N) is 1. The SMILES string of the molecule is Nc1cc(C(=O)N2CC(F)C2)cc(C(F)(F)F)c1. The van der Waals surface area contributed by atoms with Crippen molar-refractivity contribution in [2.45, 2.75) is 12.3 Å². The Hall–Kier alpha value is -1.79. The van der Waals surface area contributed by atoms with Crippen LogP contribution in [0, 0.1) is 0 Å². The minimum Gasteiger partial charge on any atom is -0.399 e. The van der Waals surface area contributed by atoms with Gasteiger partial charge in [0.1, 0.15) is 6.17 Å². The maximum atomic E-state index is 12.6. The Balaban J connectivity index is 2.28. The van der Waals surface area contributed by atoms with Crippen molar-refractivity contribution in [1.82, 2.24) is 4.90 Å². The molecule has 0 radical (unpaired) electrons. The molecule has 1 aromatic carbocycles. The van der Waals surface area contributed by atoms with Gasteiger partial charge in [-0.3, -0.25) is 4.79 Å². The van der Waals surface area contributed by atoms with E-state index in [-0.39, 0.29) is 24.3 Å². The molecule has 1 aromatic rings. The number of likely N-dealkylation sites (tertiary alicyclic amines) is 1. The van der Waals surface area contributed by atoms with Gasteiger partial charge in [0.05, 0.1) is 18.7 Å². The van der Waals surface area contributed by atoms with Crippen LogP contribution in [0.5, 0.6) is 0 Å². The van der Waals surface area contributed by atoms with E-state index < -0.39 is 23.8 Å². The molecule has 1 heterocycles. The summed E-state index contributed by atoms with van der Waals surface area (Å²) in [5.74, 6) is -0.637. The number of anilines is 1. The van der Waals surface area contributed by atoms with E-state index in [1.165, 1.54) is 0 Å². The molecule has 1 fully saturated rings. The Morgan fingerprint density at radius 2 is 1.89 bits per heavy atom. The molecular formula is C11H10F4N2O. The molecule has 0 aliphatic carbocycles. The number of nitrogen functional groups attached to an aromatic ring is 1. The third-order valence-electron chi connectivity index (χ3n) is 2.65. The van der Waals surface area contributed by atoms with Gasteiger partial charge in [0.25, 0.3) is 5.91 Å². The summed E-state index contributed by atoms with van der Waals surface area (Å²) in [4.78, 5) is 12.9. The summed E-state index contributed by atoms with van der Waals surface area (Å²) in [6, 6.07) is 2.64. The van der Waals surface area contributed by atoms with Gasteiger partial charge in [-0.05, 0) is 18.2 Å². The van der Waals surface area contributed by atoms with Crippen molar-refractivity contribution < 1.29 is 22.4 Å². The van der Waals surface area contributed by atoms with Crippen molar-refractivity contribution in [3.8, 4) is 0 Å². The molecule has 0 unspecified atom stereocenters. The van der Waals surface area contributed by atoms with Crippen molar-refractivity contribution in [2.75, 3.05) is 18.8 Å². The van der Waals surface area contributed by atoms with Crippen LogP contribution in [-0.2, 0) is 6.18 Å².